The number of ether oxygens (including phenoxy) is 1. The van der Waals surface area contributed by atoms with Crippen molar-refractivity contribution in [3.63, 3.8) is 0 Å². The smallest absolute Gasteiger partial charge is 0.260 e. The number of likely N-dealkylation sites (N-methyl/N-ethyl adjacent to an activating group) is 1. The van der Waals surface area contributed by atoms with Crippen molar-refractivity contribution in [2.75, 3.05) is 13.7 Å². The summed E-state index contributed by atoms with van der Waals surface area (Å²) in [5.41, 5.74) is 2.25. The largest absolute Gasteiger partial charge is 0.483 e. The summed E-state index contributed by atoms with van der Waals surface area (Å²) in [7, 11) is 1.76. The van der Waals surface area contributed by atoms with Gasteiger partial charge >= 0.3 is 0 Å². The van der Waals surface area contributed by atoms with Crippen molar-refractivity contribution < 1.29 is 9.53 Å². The van der Waals surface area contributed by atoms with Crippen molar-refractivity contribution in [2.24, 2.45) is 0 Å². The van der Waals surface area contributed by atoms with E-state index in [4.69, 9.17) is 16.3 Å². The number of amides is 1. The maximum Gasteiger partial charge on any atom is 0.260 e. The van der Waals surface area contributed by atoms with Gasteiger partial charge in [-0.3, -0.25) is 4.79 Å². The molecule has 0 aliphatic rings. The molecule has 2 rings (SSSR count). The van der Waals surface area contributed by atoms with Crippen molar-refractivity contribution in [3.8, 4) is 5.75 Å². The lowest BCUT2D eigenvalue weighted by molar-refractivity contribution is -0.132. The Balaban J connectivity index is 1.91. The third kappa shape index (κ3) is 5.25. The van der Waals surface area contributed by atoms with E-state index in [1.54, 1.807) is 11.9 Å². The molecule has 24 heavy (non-hydrogen) atoms. The maximum absolute atomic E-state index is 12.2. The van der Waals surface area contributed by atoms with Gasteiger partial charge in [0, 0.05) is 18.6 Å². The van der Waals surface area contributed by atoms with Crippen LogP contribution < -0.4 is 4.74 Å². The third-order valence-electron chi connectivity index (χ3n) is 3.73. The molecular weight excluding hydrogens is 390 g/mol. The van der Waals surface area contributed by atoms with Gasteiger partial charge in [-0.25, -0.2) is 0 Å². The van der Waals surface area contributed by atoms with Crippen molar-refractivity contribution in [3.05, 3.63) is 63.1 Å². The van der Waals surface area contributed by atoms with Crippen molar-refractivity contribution in [1.82, 2.24) is 4.90 Å². The van der Waals surface area contributed by atoms with E-state index in [-0.39, 0.29) is 12.5 Å². The minimum absolute atomic E-state index is 0.00369. The maximum atomic E-state index is 12.2. The first-order chi connectivity index (χ1) is 11.4. The van der Waals surface area contributed by atoms with E-state index >= 15 is 0 Å². The topological polar surface area (TPSA) is 29.5 Å². The van der Waals surface area contributed by atoms with Gasteiger partial charge in [0.2, 0.25) is 0 Å². The Morgan fingerprint density at radius 2 is 1.88 bits per heavy atom. The number of carbonyl (C=O) groups is 1. The number of rotatable bonds is 6. The van der Waals surface area contributed by atoms with Crippen LogP contribution in [0.15, 0.2) is 46.9 Å². The van der Waals surface area contributed by atoms with Crippen molar-refractivity contribution in [2.45, 2.75) is 26.3 Å². The highest BCUT2D eigenvalue weighted by Gasteiger charge is 2.12. The highest BCUT2D eigenvalue weighted by Crippen LogP contribution is 2.28. The van der Waals surface area contributed by atoms with Crippen LogP contribution in [0.1, 0.15) is 30.9 Å². The molecule has 5 heteroatoms. The van der Waals surface area contributed by atoms with Crippen LogP contribution in [0.5, 0.6) is 5.75 Å². The van der Waals surface area contributed by atoms with Crippen LogP contribution in [0.2, 0.25) is 5.02 Å². The van der Waals surface area contributed by atoms with Gasteiger partial charge in [0.25, 0.3) is 5.91 Å². The molecule has 0 saturated carbocycles. The Hall–Kier alpha value is -1.52. The fourth-order valence-corrected chi connectivity index (χ4v) is 2.83. The van der Waals surface area contributed by atoms with Gasteiger partial charge in [0.15, 0.2) is 6.61 Å². The first-order valence-electron chi connectivity index (χ1n) is 7.77. The summed E-state index contributed by atoms with van der Waals surface area (Å²) in [4.78, 5) is 13.9. The number of hydrogen-bond acceptors (Lipinski definition) is 2. The Morgan fingerprint density at radius 3 is 2.46 bits per heavy atom. The minimum atomic E-state index is -0.0789. The average Bonchev–Trinajstić information content (AvgIpc) is 2.55. The van der Waals surface area contributed by atoms with Crippen molar-refractivity contribution in [1.29, 1.82) is 0 Å². The quantitative estimate of drug-likeness (QED) is 0.650. The van der Waals surface area contributed by atoms with Crippen molar-refractivity contribution >= 4 is 33.4 Å². The molecule has 128 valence electrons. The number of nitrogens with zero attached hydrogens (tertiary/aromatic N) is 1. The lowest BCUT2D eigenvalue weighted by Gasteiger charge is -2.18. The van der Waals surface area contributed by atoms with E-state index in [9.17, 15) is 4.79 Å². The van der Waals surface area contributed by atoms with E-state index in [1.165, 1.54) is 5.56 Å². The molecule has 0 aliphatic carbocycles. The van der Waals surface area contributed by atoms with E-state index < -0.39 is 0 Å². The molecular formula is C19H21BrClNO2. The van der Waals surface area contributed by atoms with Crippen LogP contribution in [0, 0.1) is 0 Å². The van der Waals surface area contributed by atoms with E-state index in [2.05, 4.69) is 29.8 Å². The molecule has 0 saturated heterocycles. The minimum Gasteiger partial charge on any atom is -0.483 e. The average molecular weight is 411 g/mol. The third-order valence-corrected chi connectivity index (χ3v) is 4.60. The first kappa shape index (κ1) is 18.8. The summed E-state index contributed by atoms with van der Waals surface area (Å²) in [6.45, 7) is 4.80. The number of hydrogen-bond donors (Lipinski definition) is 0. The monoisotopic (exact) mass is 409 g/mol. The molecule has 0 spiro atoms. The standard InChI is InChI=1S/C19H21BrClNO2/c1-13(2)15-6-9-18(17(20)10-15)24-12-19(23)22(3)11-14-4-7-16(21)8-5-14/h4-10,13H,11-12H2,1-3H3. The molecule has 0 radical (unpaired) electrons. The van der Waals surface area contributed by atoms with E-state index in [0.717, 1.165) is 10.0 Å². The molecule has 0 atom stereocenters. The Morgan fingerprint density at radius 1 is 1.21 bits per heavy atom. The van der Waals surface area contributed by atoms with E-state index in [1.807, 2.05) is 42.5 Å². The molecule has 3 nitrogen and oxygen atoms in total. The van der Waals surface area contributed by atoms with Crippen LogP contribution in [0.3, 0.4) is 0 Å². The molecule has 0 aromatic heterocycles. The Labute approximate surface area is 156 Å². The fourth-order valence-electron chi connectivity index (χ4n) is 2.19. The van der Waals surface area contributed by atoms with Gasteiger partial charge < -0.3 is 9.64 Å². The lowest BCUT2D eigenvalue weighted by atomic mass is 10.0. The normalized spacial score (nSPS) is 10.8. The van der Waals surface area contributed by atoms with Gasteiger partial charge in [-0.2, -0.15) is 0 Å². The molecule has 2 aromatic carbocycles. The predicted molar refractivity (Wildman–Crippen MR) is 102 cm³/mol. The molecule has 0 fully saturated rings. The summed E-state index contributed by atoms with van der Waals surface area (Å²) < 4.78 is 6.51. The molecule has 0 unspecified atom stereocenters. The number of halogens is 2. The highest BCUT2D eigenvalue weighted by molar-refractivity contribution is 9.10. The number of carbonyl (C=O) groups excluding carboxylic acids is 1. The molecule has 0 aliphatic heterocycles. The summed E-state index contributed by atoms with van der Waals surface area (Å²) >= 11 is 9.37. The lowest BCUT2D eigenvalue weighted by Crippen LogP contribution is -2.31. The van der Waals surface area contributed by atoms with E-state index in [0.29, 0.717) is 23.2 Å². The summed E-state index contributed by atoms with van der Waals surface area (Å²) in [5.74, 6) is 1.04. The number of benzene rings is 2. The second-order valence-electron chi connectivity index (χ2n) is 6.01. The van der Waals surface area contributed by atoms with Gasteiger partial charge in [0.05, 0.1) is 4.47 Å². The van der Waals surface area contributed by atoms with Gasteiger partial charge in [-0.1, -0.05) is 43.6 Å². The van der Waals surface area contributed by atoms with Gasteiger partial charge in [0.1, 0.15) is 5.75 Å². The zero-order chi connectivity index (χ0) is 17.7. The van der Waals surface area contributed by atoms with Crippen LogP contribution in [0.25, 0.3) is 0 Å². The second kappa shape index (κ2) is 8.54. The highest BCUT2D eigenvalue weighted by atomic mass is 79.9. The van der Waals surface area contributed by atoms with Crippen LogP contribution >= 0.6 is 27.5 Å². The second-order valence-corrected chi connectivity index (χ2v) is 7.30. The molecule has 1 amide bonds. The molecule has 2 aromatic rings. The van der Waals surface area contributed by atoms with Crippen LogP contribution in [-0.2, 0) is 11.3 Å². The zero-order valence-electron chi connectivity index (χ0n) is 14.1. The van der Waals surface area contributed by atoms with Crippen LogP contribution in [-0.4, -0.2) is 24.5 Å². The summed E-state index contributed by atoms with van der Waals surface area (Å²) in [5, 5.41) is 0.686. The SMILES string of the molecule is CC(C)c1ccc(OCC(=O)N(C)Cc2ccc(Cl)cc2)c(Br)c1. The first-order valence-corrected chi connectivity index (χ1v) is 8.94. The summed E-state index contributed by atoms with van der Waals surface area (Å²) in [6.07, 6.45) is 0. The molecule has 0 bridgehead atoms. The molecule has 0 N–H and O–H groups in total. The van der Waals surface area contributed by atoms with Gasteiger partial charge in [-0.15, -0.1) is 0 Å². The fraction of sp³-hybridized carbons (Fsp3) is 0.316. The molecule has 0 heterocycles. The summed E-state index contributed by atoms with van der Waals surface area (Å²) in [6, 6.07) is 13.4. The predicted octanol–water partition coefficient (Wildman–Crippen LogP) is 5.26. The zero-order valence-corrected chi connectivity index (χ0v) is 16.4. The van der Waals surface area contributed by atoms with Gasteiger partial charge in [-0.05, 0) is 57.2 Å². The van der Waals surface area contributed by atoms with Crippen LogP contribution in [0.4, 0.5) is 0 Å². The Kier molecular flexibility index (Phi) is 6.69. The Bertz CT molecular complexity index is 701.